The Bertz CT molecular complexity index is 770. The predicted molar refractivity (Wildman–Crippen MR) is 78.0 cm³/mol. The average molecular weight is 353 g/mol. The Morgan fingerprint density at radius 3 is 2.19 bits per heavy atom. The van der Waals surface area contributed by atoms with Crippen molar-refractivity contribution >= 4 is 44.6 Å². The van der Waals surface area contributed by atoms with Crippen molar-refractivity contribution < 1.29 is 17.2 Å². The molecule has 0 aliphatic carbocycles. The fraction of sp³-hybridized carbons (Fsp3) is 0. The lowest BCUT2D eigenvalue weighted by atomic mass is 10.3. The SMILES string of the molecule is Nc1cc(Cl)cc(Cl)c1S(=O)(=O)Nc1c(F)cccc1F. The van der Waals surface area contributed by atoms with E-state index < -0.39 is 32.2 Å². The third kappa shape index (κ3) is 3.20. The first kappa shape index (κ1) is 15.8. The maximum Gasteiger partial charge on any atom is 0.265 e. The highest BCUT2D eigenvalue weighted by Crippen LogP contribution is 2.33. The van der Waals surface area contributed by atoms with Gasteiger partial charge in [0, 0.05) is 5.02 Å². The molecule has 9 heteroatoms. The van der Waals surface area contributed by atoms with E-state index in [2.05, 4.69) is 0 Å². The molecule has 0 aliphatic heterocycles. The summed E-state index contributed by atoms with van der Waals surface area (Å²) >= 11 is 11.5. The lowest BCUT2D eigenvalue weighted by Gasteiger charge is -2.13. The minimum Gasteiger partial charge on any atom is -0.398 e. The number of para-hydroxylation sites is 1. The molecule has 0 spiro atoms. The van der Waals surface area contributed by atoms with Gasteiger partial charge in [0.15, 0.2) is 0 Å². The molecule has 0 radical (unpaired) electrons. The maximum atomic E-state index is 13.5. The quantitative estimate of drug-likeness (QED) is 0.828. The van der Waals surface area contributed by atoms with Gasteiger partial charge in [-0.2, -0.15) is 0 Å². The third-order valence-electron chi connectivity index (χ3n) is 2.51. The van der Waals surface area contributed by atoms with E-state index in [-0.39, 0.29) is 15.7 Å². The Kier molecular flexibility index (Phi) is 4.27. The molecule has 0 saturated heterocycles. The fourth-order valence-corrected chi connectivity index (χ4v) is 3.71. The summed E-state index contributed by atoms with van der Waals surface area (Å²) in [6.07, 6.45) is 0. The zero-order valence-corrected chi connectivity index (χ0v) is 12.5. The van der Waals surface area contributed by atoms with Gasteiger partial charge in [0.05, 0.1) is 10.7 Å². The number of nitrogen functional groups attached to an aromatic ring is 1. The molecule has 2 aromatic rings. The number of nitrogens with two attached hydrogens (primary N) is 1. The molecule has 0 aromatic heterocycles. The van der Waals surface area contributed by atoms with Crippen LogP contribution in [-0.4, -0.2) is 8.42 Å². The maximum absolute atomic E-state index is 13.5. The zero-order valence-electron chi connectivity index (χ0n) is 10.2. The smallest absolute Gasteiger partial charge is 0.265 e. The van der Waals surface area contributed by atoms with Gasteiger partial charge in [-0.25, -0.2) is 17.2 Å². The van der Waals surface area contributed by atoms with Crippen molar-refractivity contribution in [1.82, 2.24) is 0 Å². The molecular formula is C12H8Cl2F2N2O2S. The number of halogens is 4. The molecule has 0 atom stereocenters. The molecule has 0 unspecified atom stereocenters. The van der Waals surface area contributed by atoms with Gasteiger partial charge in [-0.15, -0.1) is 0 Å². The van der Waals surface area contributed by atoms with Crippen molar-refractivity contribution in [2.24, 2.45) is 0 Å². The van der Waals surface area contributed by atoms with Crippen molar-refractivity contribution in [1.29, 1.82) is 0 Å². The van der Waals surface area contributed by atoms with Crippen molar-refractivity contribution in [3.05, 3.63) is 52.0 Å². The van der Waals surface area contributed by atoms with Crippen molar-refractivity contribution in [2.75, 3.05) is 10.5 Å². The second kappa shape index (κ2) is 5.67. The molecule has 0 aliphatic rings. The van der Waals surface area contributed by atoms with Crippen LogP contribution in [0.5, 0.6) is 0 Å². The Labute approximate surface area is 129 Å². The number of anilines is 2. The molecule has 2 rings (SSSR count). The van der Waals surface area contributed by atoms with E-state index in [1.54, 1.807) is 4.72 Å². The van der Waals surface area contributed by atoms with Crippen molar-refractivity contribution in [3.8, 4) is 0 Å². The molecule has 0 heterocycles. The summed E-state index contributed by atoms with van der Waals surface area (Å²) in [7, 11) is -4.38. The topological polar surface area (TPSA) is 72.2 Å². The number of rotatable bonds is 3. The van der Waals surface area contributed by atoms with Gasteiger partial charge in [-0.3, -0.25) is 4.72 Å². The second-order valence-corrected chi connectivity index (χ2v) is 6.47. The molecule has 3 N–H and O–H groups in total. The first-order valence-corrected chi connectivity index (χ1v) is 7.67. The highest BCUT2D eigenvalue weighted by Gasteiger charge is 2.24. The summed E-state index contributed by atoms with van der Waals surface area (Å²) in [5.74, 6) is -2.13. The molecule has 4 nitrogen and oxygen atoms in total. The summed E-state index contributed by atoms with van der Waals surface area (Å²) in [6.45, 7) is 0. The Morgan fingerprint density at radius 1 is 1.10 bits per heavy atom. The van der Waals surface area contributed by atoms with Gasteiger partial charge >= 0.3 is 0 Å². The fourth-order valence-electron chi connectivity index (χ4n) is 1.64. The standard InChI is InChI=1S/C12H8Cl2F2N2O2S/c13-6-4-7(14)12(10(17)5-6)21(19,20)18-11-8(15)2-1-3-9(11)16/h1-5,18H,17H2. The van der Waals surface area contributed by atoms with Gasteiger partial charge < -0.3 is 5.73 Å². The summed E-state index contributed by atoms with van der Waals surface area (Å²) in [5, 5.41) is -0.127. The van der Waals surface area contributed by atoms with E-state index in [0.29, 0.717) is 0 Å². The van der Waals surface area contributed by atoms with Crippen LogP contribution in [-0.2, 0) is 10.0 Å². The van der Waals surface area contributed by atoms with Gasteiger partial charge in [0.25, 0.3) is 10.0 Å². The Balaban J connectivity index is 2.54. The summed E-state index contributed by atoms with van der Waals surface area (Å²) in [5.41, 5.74) is 4.51. The van der Waals surface area contributed by atoms with Crippen molar-refractivity contribution in [3.63, 3.8) is 0 Å². The highest BCUT2D eigenvalue weighted by molar-refractivity contribution is 7.93. The zero-order chi connectivity index (χ0) is 15.8. The largest absolute Gasteiger partial charge is 0.398 e. The first-order chi connectivity index (χ1) is 9.72. The lowest BCUT2D eigenvalue weighted by molar-refractivity contribution is 0.583. The van der Waals surface area contributed by atoms with Gasteiger partial charge in [-0.05, 0) is 24.3 Å². The normalized spacial score (nSPS) is 11.4. The molecule has 0 amide bonds. The molecule has 112 valence electrons. The molecule has 0 bridgehead atoms. The molecular weight excluding hydrogens is 345 g/mol. The number of hydrogen-bond acceptors (Lipinski definition) is 3. The minimum atomic E-state index is -4.38. The van der Waals surface area contributed by atoms with E-state index >= 15 is 0 Å². The molecule has 21 heavy (non-hydrogen) atoms. The van der Waals surface area contributed by atoms with Crippen LogP contribution in [0.3, 0.4) is 0 Å². The molecule has 2 aromatic carbocycles. The monoisotopic (exact) mass is 352 g/mol. The Hall–Kier alpha value is -1.57. The van der Waals surface area contributed by atoms with Crippen LogP contribution in [0, 0.1) is 11.6 Å². The van der Waals surface area contributed by atoms with Gasteiger partial charge in [0.1, 0.15) is 22.2 Å². The predicted octanol–water partition coefficient (Wildman–Crippen LogP) is 3.65. The van der Waals surface area contributed by atoms with E-state index in [1.807, 2.05) is 0 Å². The van der Waals surface area contributed by atoms with Crippen LogP contribution in [0.2, 0.25) is 10.0 Å². The molecule has 0 fully saturated rings. The van der Waals surface area contributed by atoms with Crippen LogP contribution >= 0.6 is 23.2 Å². The van der Waals surface area contributed by atoms with E-state index in [1.165, 1.54) is 6.07 Å². The van der Waals surface area contributed by atoms with E-state index in [9.17, 15) is 17.2 Å². The summed E-state index contributed by atoms with van der Waals surface area (Å²) in [6, 6.07) is 5.25. The highest BCUT2D eigenvalue weighted by atomic mass is 35.5. The first-order valence-electron chi connectivity index (χ1n) is 5.43. The summed E-state index contributed by atoms with van der Waals surface area (Å²) < 4.78 is 53.2. The van der Waals surface area contributed by atoms with Crippen LogP contribution in [0.4, 0.5) is 20.2 Å². The third-order valence-corrected chi connectivity index (χ3v) is 4.60. The van der Waals surface area contributed by atoms with Crippen LogP contribution < -0.4 is 10.5 Å². The average Bonchev–Trinajstić information content (AvgIpc) is 2.32. The van der Waals surface area contributed by atoms with Gasteiger partial charge in [0.2, 0.25) is 0 Å². The second-order valence-electron chi connectivity index (χ2n) is 4.01. The van der Waals surface area contributed by atoms with Crippen LogP contribution in [0.1, 0.15) is 0 Å². The summed E-state index contributed by atoms with van der Waals surface area (Å²) in [4.78, 5) is -0.504. The van der Waals surface area contributed by atoms with Crippen LogP contribution in [0.15, 0.2) is 35.2 Å². The number of nitrogens with one attached hydrogen (secondary N) is 1. The van der Waals surface area contributed by atoms with Crippen molar-refractivity contribution in [2.45, 2.75) is 4.90 Å². The minimum absolute atomic E-state index is 0.133. The number of hydrogen-bond donors (Lipinski definition) is 2. The van der Waals surface area contributed by atoms with E-state index in [0.717, 1.165) is 24.3 Å². The van der Waals surface area contributed by atoms with Gasteiger partial charge in [-0.1, -0.05) is 29.3 Å². The lowest BCUT2D eigenvalue weighted by Crippen LogP contribution is -2.17. The van der Waals surface area contributed by atoms with E-state index in [4.69, 9.17) is 28.9 Å². The molecule has 0 saturated carbocycles. The number of sulfonamides is 1. The Morgan fingerprint density at radius 2 is 1.67 bits per heavy atom. The number of benzene rings is 2. The van der Waals surface area contributed by atoms with Crippen LogP contribution in [0.25, 0.3) is 0 Å².